The zero-order valence-electron chi connectivity index (χ0n) is 12.2. The third-order valence-corrected chi connectivity index (χ3v) is 3.10. The lowest BCUT2D eigenvalue weighted by Crippen LogP contribution is -2.07. The quantitative estimate of drug-likeness (QED) is 0.823. The lowest BCUT2D eigenvalue weighted by Gasteiger charge is -2.09. The van der Waals surface area contributed by atoms with Gasteiger partial charge in [-0.25, -0.2) is 4.98 Å². The first-order valence-electron chi connectivity index (χ1n) is 7.09. The molecule has 1 heterocycles. The molecule has 0 saturated carbocycles. The van der Waals surface area contributed by atoms with Crippen LogP contribution in [0.25, 0.3) is 0 Å². The zero-order chi connectivity index (χ0) is 16.0. The van der Waals surface area contributed by atoms with Crippen LogP contribution < -0.4 is 10.6 Å². The molecule has 1 aromatic carbocycles. The van der Waals surface area contributed by atoms with Crippen molar-refractivity contribution in [2.45, 2.75) is 26.1 Å². The second-order valence-electron chi connectivity index (χ2n) is 4.91. The van der Waals surface area contributed by atoms with Crippen molar-refractivity contribution < 1.29 is 13.2 Å². The molecular formula is C16H18F3N3. The van der Waals surface area contributed by atoms with Gasteiger partial charge in [-0.3, -0.25) is 0 Å². The molecule has 22 heavy (non-hydrogen) atoms. The summed E-state index contributed by atoms with van der Waals surface area (Å²) >= 11 is 0. The molecule has 0 aliphatic heterocycles. The number of alkyl halides is 3. The number of benzene rings is 1. The van der Waals surface area contributed by atoms with Crippen molar-refractivity contribution in [3.05, 3.63) is 53.7 Å². The summed E-state index contributed by atoms with van der Waals surface area (Å²) in [5.74, 6) is 0.418. The first-order chi connectivity index (χ1) is 10.5. The monoisotopic (exact) mass is 309 g/mol. The van der Waals surface area contributed by atoms with Gasteiger partial charge in [-0.05, 0) is 36.2 Å². The fourth-order valence-corrected chi connectivity index (χ4v) is 1.87. The van der Waals surface area contributed by atoms with Crippen molar-refractivity contribution in [1.82, 2.24) is 4.98 Å². The first-order valence-corrected chi connectivity index (χ1v) is 7.09. The molecule has 0 atom stereocenters. The Morgan fingerprint density at radius 1 is 1.00 bits per heavy atom. The van der Waals surface area contributed by atoms with Gasteiger partial charge in [-0.15, -0.1) is 0 Å². The highest BCUT2D eigenvalue weighted by Crippen LogP contribution is 2.28. The van der Waals surface area contributed by atoms with Gasteiger partial charge in [-0.1, -0.05) is 19.1 Å². The Morgan fingerprint density at radius 2 is 1.73 bits per heavy atom. The van der Waals surface area contributed by atoms with Gasteiger partial charge >= 0.3 is 6.18 Å². The van der Waals surface area contributed by atoms with Crippen molar-refractivity contribution in [1.29, 1.82) is 0 Å². The van der Waals surface area contributed by atoms with E-state index in [4.69, 9.17) is 0 Å². The maximum Gasteiger partial charge on any atom is 0.417 e. The largest absolute Gasteiger partial charge is 0.417 e. The second-order valence-corrected chi connectivity index (χ2v) is 4.91. The van der Waals surface area contributed by atoms with Crippen LogP contribution in [0.5, 0.6) is 0 Å². The Morgan fingerprint density at radius 3 is 2.27 bits per heavy atom. The van der Waals surface area contributed by atoms with Crippen LogP contribution >= 0.6 is 0 Å². The molecule has 0 bridgehead atoms. The van der Waals surface area contributed by atoms with E-state index >= 15 is 0 Å². The average Bonchev–Trinajstić information content (AvgIpc) is 2.51. The van der Waals surface area contributed by atoms with Crippen LogP contribution in [-0.2, 0) is 12.7 Å². The van der Waals surface area contributed by atoms with Crippen molar-refractivity contribution >= 4 is 11.5 Å². The van der Waals surface area contributed by atoms with Gasteiger partial charge in [0.1, 0.15) is 5.82 Å². The van der Waals surface area contributed by atoms with Gasteiger partial charge in [0.2, 0.25) is 0 Å². The van der Waals surface area contributed by atoms with Crippen LogP contribution in [0.15, 0.2) is 42.6 Å². The number of nitrogens with zero attached hydrogens (tertiary/aromatic N) is 1. The smallest absolute Gasteiger partial charge is 0.385 e. The predicted octanol–water partition coefficient (Wildman–Crippen LogP) is 4.53. The molecule has 0 unspecified atom stereocenters. The standard InChI is InChI=1S/C16H18F3N3/c1-2-9-20-14-6-3-12(4-7-14)10-21-15-8-5-13(11-22-15)16(17,18)19/h3-8,11,20H,2,9-10H2,1H3,(H,21,22). The van der Waals surface area contributed by atoms with E-state index in [0.29, 0.717) is 12.4 Å². The summed E-state index contributed by atoms with van der Waals surface area (Å²) in [5.41, 5.74) is 1.34. The van der Waals surface area contributed by atoms with E-state index in [9.17, 15) is 13.2 Å². The lowest BCUT2D eigenvalue weighted by atomic mass is 10.2. The third kappa shape index (κ3) is 4.65. The van der Waals surface area contributed by atoms with Crippen molar-refractivity contribution in [3.63, 3.8) is 0 Å². The predicted molar refractivity (Wildman–Crippen MR) is 81.8 cm³/mol. The summed E-state index contributed by atoms with van der Waals surface area (Å²) < 4.78 is 37.3. The molecule has 2 aromatic rings. The number of hydrogen-bond acceptors (Lipinski definition) is 3. The topological polar surface area (TPSA) is 37.0 Å². The molecule has 0 spiro atoms. The number of nitrogens with one attached hydrogen (secondary N) is 2. The normalized spacial score (nSPS) is 11.3. The highest BCUT2D eigenvalue weighted by atomic mass is 19.4. The van der Waals surface area contributed by atoms with Crippen LogP contribution in [-0.4, -0.2) is 11.5 Å². The van der Waals surface area contributed by atoms with Crippen LogP contribution in [0.2, 0.25) is 0 Å². The van der Waals surface area contributed by atoms with E-state index in [0.717, 1.165) is 36.5 Å². The molecule has 0 aliphatic carbocycles. The fraction of sp³-hybridized carbons (Fsp3) is 0.312. The molecule has 0 saturated heterocycles. The molecule has 0 radical (unpaired) electrons. The van der Waals surface area contributed by atoms with Crippen LogP contribution in [0, 0.1) is 0 Å². The van der Waals surface area contributed by atoms with Crippen LogP contribution in [0.4, 0.5) is 24.7 Å². The van der Waals surface area contributed by atoms with Crippen LogP contribution in [0.1, 0.15) is 24.5 Å². The average molecular weight is 309 g/mol. The lowest BCUT2D eigenvalue weighted by molar-refractivity contribution is -0.137. The minimum Gasteiger partial charge on any atom is -0.385 e. The maximum atomic E-state index is 12.4. The summed E-state index contributed by atoms with van der Waals surface area (Å²) in [4.78, 5) is 3.77. The molecule has 0 amide bonds. The van der Waals surface area contributed by atoms with Crippen molar-refractivity contribution in [2.75, 3.05) is 17.2 Å². The van der Waals surface area contributed by atoms with Gasteiger partial charge < -0.3 is 10.6 Å². The SMILES string of the molecule is CCCNc1ccc(CNc2ccc(C(F)(F)F)cn2)cc1. The number of aromatic nitrogens is 1. The van der Waals surface area contributed by atoms with E-state index in [1.807, 2.05) is 24.3 Å². The Hall–Kier alpha value is -2.24. The third-order valence-electron chi connectivity index (χ3n) is 3.10. The van der Waals surface area contributed by atoms with Gasteiger partial charge in [-0.2, -0.15) is 13.2 Å². The highest BCUT2D eigenvalue weighted by molar-refractivity contribution is 5.45. The Kier molecular flexibility index (Phi) is 5.25. The van der Waals surface area contributed by atoms with E-state index in [-0.39, 0.29) is 0 Å². The number of pyridine rings is 1. The maximum absolute atomic E-state index is 12.4. The molecule has 2 rings (SSSR count). The van der Waals surface area contributed by atoms with E-state index in [1.54, 1.807) is 0 Å². The Labute approximate surface area is 127 Å². The molecular weight excluding hydrogens is 291 g/mol. The zero-order valence-corrected chi connectivity index (χ0v) is 12.2. The number of rotatable bonds is 6. The number of anilines is 2. The Balaban J connectivity index is 1.90. The molecule has 1 aromatic heterocycles. The Bertz CT molecular complexity index is 577. The number of halogens is 3. The molecule has 118 valence electrons. The van der Waals surface area contributed by atoms with Gasteiger partial charge in [0.05, 0.1) is 5.56 Å². The molecule has 3 nitrogen and oxygen atoms in total. The number of hydrogen-bond donors (Lipinski definition) is 2. The summed E-state index contributed by atoms with van der Waals surface area (Å²) in [6, 6.07) is 10.2. The van der Waals surface area contributed by atoms with Gasteiger partial charge in [0, 0.05) is 25.0 Å². The van der Waals surface area contributed by atoms with E-state index in [1.165, 1.54) is 6.07 Å². The van der Waals surface area contributed by atoms with Gasteiger partial charge in [0.25, 0.3) is 0 Å². The summed E-state index contributed by atoms with van der Waals surface area (Å²) in [7, 11) is 0. The molecule has 0 fully saturated rings. The van der Waals surface area contributed by atoms with Gasteiger partial charge in [0.15, 0.2) is 0 Å². The summed E-state index contributed by atoms with van der Waals surface area (Å²) in [6.07, 6.45) is -2.46. The minimum absolute atomic E-state index is 0.418. The fourth-order valence-electron chi connectivity index (χ4n) is 1.87. The van der Waals surface area contributed by atoms with Crippen molar-refractivity contribution in [2.24, 2.45) is 0 Å². The minimum atomic E-state index is -4.35. The van der Waals surface area contributed by atoms with E-state index in [2.05, 4.69) is 22.5 Å². The van der Waals surface area contributed by atoms with Crippen LogP contribution in [0.3, 0.4) is 0 Å². The molecule has 0 aliphatic rings. The summed E-state index contributed by atoms with van der Waals surface area (Å²) in [5, 5.41) is 6.28. The first kappa shape index (κ1) is 16.1. The highest BCUT2D eigenvalue weighted by Gasteiger charge is 2.30. The second kappa shape index (κ2) is 7.15. The molecule has 6 heteroatoms. The van der Waals surface area contributed by atoms with E-state index < -0.39 is 11.7 Å². The summed E-state index contributed by atoms with van der Waals surface area (Å²) in [6.45, 7) is 3.53. The van der Waals surface area contributed by atoms with Crippen molar-refractivity contribution in [3.8, 4) is 0 Å². The molecule has 2 N–H and O–H groups in total.